The van der Waals surface area contributed by atoms with Crippen LogP contribution in [0.25, 0.3) is 0 Å². The number of rotatable bonds is 0. The molecule has 2 aliphatic rings. The summed E-state index contributed by atoms with van der Waals surface area (Å²) >= 11 is 0. The first-order valence-corrected chi connectivity index (χ1v) is 6.19. The molecule has 0 saturated heterocycles. The lowest BCUT2D eigenvalue weighted by Crippen LogP contribution is -2.35. The van der Waals surface area contributed by atoms with Gasteiger partial charge in [-0.15, -0.1) is 0 Å². The van der Waals surface area contributed by atoms with Gasteiger partial charge in [0.05, 0.1) is 5.41 Å². The van der Waals surface area contributed by atoms with Gasteiger partial charge < -0.3 is 11.1 Å². The van der Waals surface area contributed by atoms with Crippen LogP contribution in [0, 0.1) is 0 Å². The van der Waals surface area contributed by atoms with Crippen molar-refractivity contribution in [1.29, 1.82) is 0 Å². The Morgan fingerprint density at radius 1 is 1.26 bits per heavy atom. The average Bonchev–Trinajstić information content (AvgIpc) is 2.90. The molecule has 3 heterocycles. The monoisotopic (exact) mass is 252 g/mol. The molecule has 0 saturated carbocycles. The number of carbonyl (C=O) groups excluding carboxylic acids is 1. The normalized spacial score (nSPS) is 23.3. The fourth-order valence-corrected chi connectivity index (χ4v) is 3.17. The van der Waals surface area contributed by atoms with Gasteiger partial charge in [0, 0.05) is 18.0 Å². The number of nitrogens with zero attached hydrogens (tertiary/aromatic N) is 2. The summed E-state index contributed by atoms with van der Waals surface area (Å²) in [5, 5.41) is 2.88. The maximum absolute atomic E-state index is 12.4. The van der Waals surface area contributed by atoms with E-state index in [4.69, 9.17) is 5.73 Å². The Labute approximate surface area is 109 Å². The molecule has 0 radical (unpaired) electrons. The maximum Gasteiger partial charge on any atom is 0.237 e. The predicted molar refractivity (Wildman–Crippen MR) is 70.6 cm³/mol. The highest BCUT2D eigenvalue weighted by atomic mass is 16.2. The summed E-state index contributed by atoms with van der Waals surface area (Å²) in [5.41, 5.74) is 8.39. The molecule has 4 rings (SSSR count). The van der Waals surface area contributed by atoms with Crippen LogP contribution in [-0.2, 0) is 23.1 Å². The minimum Gasteiger partial charge on any atom is -0.384 e. The molecule has 19 heavy (non-hydrogen) atoms. The van der Waals surface area contributed by atoms with E-state index in [9.17, 15) is 4.79 Å². The first-order valence-electron chi connectivity index (χ1n) is 6.19. The van der Waals surface area contributed by atoms with Crippen molar-refractivity contribution < 1.29 is 4.79 Å². The molecule has 0 bridgehead atoms. The lowest BCUT2D eigenvalue weighted by molar-refractivity contribution is -0.120. The van der Waals surface area contributed by atoms with Crippen molar-refractivity contribution in [2.24, 2.45) is 0 Å². The number of nitrogens with one attached hydrogen (secondary N) is 1. The molecule has 1 aliphatic heterocycles. The second-order valence-electron chi connectivity index (χ2n) is 5.17. The van der Waals surface area contributed by atoms with E-state index in [1.54, 1.807) is 12.4 Å². The number of pyridine rings is 2. The van der Waals surface area contributed by atoms with E-state index < -0.39 is 5.41 Å². The van der Waals surface area contributed by atoms with Crippen LogP contribution in [0.1, 0.15) is 16.7 Å². The lowest BCUT2D eigenvalue weighted by Gasteiger charge is -2.20. The second-order valence-corrected chi connectivity index (χ2v) is 5.17. The van der Waals surface area contributed by atoms with Gasteiger partial charge in [-0.2, -0.15) is 0 Å². The molecule has 1 atom stereocenters. The van der Waals surface area contributed by atoms with Crippen LogP contribution in [0.2, 0.25) is 0 Å². The van der Waals surface area contributed by atoms with Crippen LogP contribution in [-0.4, -0.2) is 15.9 Å². The lowest BCUT2D eigenvalue weighted by atomic mass is 9.79. The summed E-state index contributed by atoms with van der Waals surface area (Å²) < 4.78 is 0. The molecule has 1 aliphatic carbocycles. The van der Waals surface area contributed by atoms with Crippen molar-refractivity contribution in [2.75, 3.05) is 11.1 Å². The summed E-state index contributed by atoms with van der Waals surface area (Å²) in [7, 11) is 0. The zero-order chi connectivity index (χ0) is 13.0. The third-order valence-corrected chi connectivity index (χ3v) is 4.08. The number of aromatic nitrogens is 2. The van der Waals surface area contributed by atoms with E-state index in [0.717, 1.165) is 16.7 Å². The average molecular weight is 252 g/mol. The van der Waals surface area contributed by atoms with Crippen molar-refractivity contribution >= 4 is 17.5 Å². The van der Waals surface area contributed by atoms with Gasteiger partial charge in [0.25, 0.3) is 0 Å². The summed E-state index contributed by atoms with van der Waals surface area (Å²) in [6, 6.07) is 5.71. The Balaban J connectivity index is 1.88. The van der Waals surface area contributed by atoms with Crippen molar-refractivity contribution in [3.8, 4) is 0 Å². The third kappa shape index (κ3) is 1.27. The highest BCUT2D eigenvalue weighted by Crippen LogP contribution is 2.46. The fourth-order valence-electron chi connectivity index (χ4n) is 3.17. The van der Waals surface area contributed by atoms with Crippen molar-refractivity contribution in [1.82, 2.24) is 9.97 Å². The molecule has 0 fully saturated rings. The van der Waals surface area contributed by atoms with Crippen molar-refractivity contribution in [2.45, 2.75) is 18.3 Å². The third-order valence-electron chi connectivity index (χ3n) is 4.08. The number of fused-ring (bicyclic) bond motifs is 3. The number of nitrogens with two attached hydrogens (primary N) is 1. The van der Waals surface area contributed by atoms with Gasteiger partial charge in [-0.1, -0.05) is 6.07 Å². The minimum atomic E-state index is -0.526. The summed E-state index contributed by atoms with van der Waals surface area (Å²) in [6.07, 6.45) is 4.81. The zero-order valence-corrected chi connectivity index (χ0v) is 10.2. The largest absolute Gasteiger partial charge is 0.384 e. The van der Waals surface area contributed by atoms with Crippen LogP contribution in [0.15, 0.2) is 30.6 Å². The molecule has 0 unspecified atom stereocenters. The smallest absolute Gasteiger partial charge is 0.237 e. The standard InChI is InChI=1S/C14H12N4O/c15-11-4-8-5-14(6-9(8)7-17-11)10-2-1-3-16-12(10)18-13(14)19/h1-4,7H,5-6H2,(H2,15,17)(H,16,18,19)/t14-/m1/s1. The van der Waals surface area contributed by atoms with E-state index in [2.05, 4.69) is 15.3 Å². The van der Waals surface area contributed by atoms with Gasteiger partial charge in [0.1, 0.15) is 11.6 Å². The molecule has 2 aromatic heterocycles. The summed E-state index contributed by atoms with van der Waals surface area (Å²) in [4.78, 5) is 20.8. The van der Waals surface area contributed by atoms with Crippen molar-refractivity contribution in [3.63, 3.8) is 0 Å². The van der Waals surface area contributed by atoms with Gasteiger partial charge in [0.2, 0.25) is 5.91 Å². The van der Waals surface area contributed by atoms with Crippen LogP contribution in [0.4, 0.5) is 11.6 Å². The number of hydrogen-bond donors (Lipinski definition) is 2. The van der Waals surface area contributed by atoms with Crippen LogP contribution < -0.4 is 11.1 Å². The van der Waals surface area contributed by atoms with E-state index in [-0.39, 0.29) is 5.91 Å². The minimum absolute atomic E-state index is 0.0240. The van der Waals surface area contributed by atoms with Gasteiger partial charge in [0.15, 0.2) is 0 Å². The second kappa shape index (κ2) is 3.32. The molecule has 2 aromatic rings. The SMILES string of the molecule is Nc1cc2c(cn1)C[C@@]1(C2)C(=O)Nc2ncccc21. The molecule has 1 amide bonds. The number of nitrogen functional groups attached to an aromatic ring is 1. The quantitative estimate of drug-likeness (QED) is 0.734. The Kier molecular flexibility index (Phi) is 1.83. The van der Waals surface area contributed by atoms with E-state index in [1.165, 1.54) is 0 Å². The van der Waals surface area contributed by atoms with Crippen LogP contribution >= 0.6 is 0 Å². The molecule has 5 heteroatoms. The highest BCUT2D eigenvalue weighted by molar-refractivity contribution is 6.06. The summed E-state index contributed by atoms with van der Waals surface area (Å²) in [5.74, 6) is 1.21. The zero-order valence-electron chi connectivity index (χ0n) is 10.2. The first kappa shape index (κ1) is 10.5. The van der Waals surface area contributed by atoms with Gasteiger partial charge in [-0.05, 0) is 36.1 Å². The van der Waals surface area contributed by atoms with Gasteiger partial charge in [-0.3, -0.25) is 4.79 Å². The van der Waals surface area contributed by atoms with Gasteiger partial charge in [-0.25, -0.2) is 9.97 Å². The highest BCUT2D eigenvalue weighted by Gasteiger charge is 2.51. The molecule has 1 spiro atoms. The van der Waals surface area contributed by atoms with E-state index in [1.807, 2.05) is 18.2 Å². The first-order chi connectivity index (χ1) is 9.19. The molecule has 5 nitrogen and oxygen atoms in total. The summed E-state index contributed by atoms with van der Waals surface area (Å²) in [6.45, 7) is 0. The molecule has 94 valence electrons. The van der Waals surface area contributed by atoms with Crippen LogP contribution in [0.3, 0.4) is 0 Å². The van der Waals surface area contributed by atoms with E-state index >= 15 is 0 Å². The maximum atomic E-state index is 12.4. The van der Waals surface area contributed by atoms with Gasteiger partial charge >= 0.3 is 0 Å². The Hall–Kier alpha value is -2.43. The number of anilines is 2. The Morgan fingerprint density at radius 3 is 3.00 bits per heavy atom. The topological polar surface area (TPSA) is 80.9 Å². The molecule has 3 N–H and O–H groups in total. The fraction of sp³-hybridized carbons (Fsp3) is 0.214. The number of carbonyl (C=O) groups is 1. The molecular weight excluding hydrogens is 240 g/mol. The number of amides is 1. The Bertz CT molecular complexity index is 712. The Morgan fingerprint density at radius 2 is 2.11 bits per heavy atom. The number of hydrogen-bond acceptors (Lipinski definition) is 4. The molecule has 0 aromatic carbocycles. The molecular formula is C14H12N4O. The predicted octanol–water partition coefficient (Wildman–Crippen LogP) is 1.05. The van der Waals surface area contributed by atoms with E-state index in [0.29, 0.717) is 24.5 Å². The van der Waals surface area contributed by atoms with Crippen molar-refractivity contribution in [3.05, 3.63) is 47.3 Å². The van der Waals surface area contributed by atoms with Crippen LogP contribution in [0.5, 0.6) is 0 Å².